The van der Waals surface area contributed by atoms with Crippen LogP contribution in [0.4, 0.5) is 5.69 Å². The van der Waals surface area contributed by atoms with Crippen LogP contribution in [0, 0.1) is 0 Å². The number of aromatic hydroxyl groups is 1. The first kappa shape index (κ1) is 13.1. The Kier molecular flexibility index (Phi) is 3.68. The molecule has 1 aromatic rings. The summed E-state index contributed by atoms with van der Waals surface area (Å²) in [5, 5.41) is 12.5. The molecule has 0 bridgehead atoms. The zero-order valence-electron chi connectivity index (χ0n) is 8.37. The van der Waals surface area contributed by atoms with Crippen molar-refractivity contribution in [3.05, 3.63) is 23.2 Å². The number of halogens is 2. The lowest BCUT2D eigenvalue weighted by Crippen LogP contribution is -2.37. The topological polar surface area (TPSA) is 75.4 Å². The standard InChI is InChI=1S/C10H11ClN2O2.ClH/c11-6-1-2-7(8(14)5-6)13-9(15)10(12)3-4-10;/h1-2,5,14H,3-4,12H2,(H,13,15);1H. The van der Waals surface area contributed by atoms with Gasteiger partial charge in [0, 0.05) is 11.1 Å². The normalized spacial score (nSPS) is 16.1. The first-order valence-corrected chi connectivity index (χ1v) is 4.98. The number of nitrogens with two attached hydrogens (primary N) is 1. The highest BCUT2D eigenvalue weighted by Crippen LogP contribution is 2.35. The summed E-state index contributed by atoms with van der Waals surface area (Å²) in [6.07, 6.45) is 1.38. The van der Waals surface area contributed by atoms with Gasteiger partial charge in [-0.05, 0) is 25.0 Å². The van der Waals surface area contributed by atoms with E-state index in [1.807, 2.05) is 0 Å². The lowest BCUT2D eigenvalue weighted by molar-refractivity contribution is -0.118. The van der Waals surface area contributed by atoms with Crippen molar-refractivity contribution >= 4 is 35.6 Å². The van der Waals surface area contributed by atoms with Crippen LogP contribution in [0.2, 0.25) is 5.02 Å². The van der Waals surface area contributed by atoms with Gasteiger partial charge in [-0.1, -0.05) is 11.6 Å². The Morgan fingerprint density at radius 1 is 1.50 bits per heavy atom. The summed E-state index contributed by atoms with van der Waals surface area (Å²) in [6, 6.07) is 4.50. The molecule has 2 rings (SSSR count). The Morgan fingerprint density at radius 3 is 2.62 bits per heavy atom. The molecule has 16 heavy (non-hydrogen) atoms. The highest BCUT2D eigenvalue weighted by Gasteiger charge is 2.46. The Balaban J connectivity index is 0.00000128. The third kappa shape index (κ3) is 2.58. The number of carbonyl (C=O) groups is 1. The van der Waals surface area contributed by atoms with Gasteiger partial charge in [-0.25, -0.2) is 0 Å². The fourth-order valence-corrected chi connectivity index (χ4v) is 1.39. The molecule has 0 unspecified atom stereocenters. The Labute approximate surface area is 104 Å². The number of anilines is 1. The Hall–Kier alpha value is -0.970. The maximum absolute atomic E-state index is 11.6. The van der Waals surface area contributed by atoms with Crippen molar-refractivity contribution in [1.82, 2.24) is 0 Å². The molecule has 1 amide bonds. The molecule has 1 aliphatic carbocycles. The minimum Gasteiger partial charge on any atom is -0.506 e. The highest BCUT2D eigenvalue weighted by molar-refractivity contribution is 6.30. The molecule has 1 fully saturated rings. The second-order valence-corrected chi connectivity index (χ2v) is 4.21. The third-order valence-electron chi connectivity index (χ3n) is 2.45. The number of benzene rings is 1. The molecule has 0 aromatic heterocycles. The third-order valence-corrected chi connectivity index (χ3v) is 2.68. The van der Waals surface area contributed by atoms with Crippen molar-refractivity contribution in [2.24, 2.45) is 5.73 Å². The summed E-state index contributed by atoms with van der Waals surface area (Å²) in [4.78, 5) is 11.6. The molecule has 0 radical (unpaired) electrons. The molecule has 1 saturated carbocycles. The van der Waals surface area contributed by atoms with E-state index < -0.39 is 5.54 Å². The van der Waals surface area contributed by atoms with Crippen LogP contribution in [0.15, 0.2) is 18.2 Å². The van der Waals surface area contributed by atoms with E-state index in [9.17, 15) is 9.90 Å². The number of phenols is 1. The number of hydrogen-bond acceptors (Lipinski definition) is 3. The van der Waals surface area contributed by atoms with E-state index in [0.717, 1.165) is 0 Å². The van der Waals surface area contributed by atoms with Crippen molar-refractivity contribution in [3.8, 4) is 5.75 Å². The van der Waals surface area contributed by atoms with E-state index in [-0.39, 0.29) is 24.1 Å². The molecule has 0 spiro atoms. The zero-order valence-corrected chi connectivity index (χ0v) is 9.94. The first-order chi connectivity index (χ1) is 7.01. The smallest absolute Gasteiger partial charge is 0.244 e. The fourth-order valence-electron chi connectivity index (χ4n) is 1.22. The van der Waals surface area contributed by atoms with Crippen molar-refractivity contribution in [2.75, 3.05) is 5.32 Å². The molecule has 0 aliphatic heterocycles. The summed E-state index contributed by atoms with van der Waals surface area (Å²) in [5.74, 6) is -0.319. The second-order valence-electron chi connectivity index (χ2n) is 3.77. The van der Waals surface area contributed by atoms with Gasteiger partial charge < -0.3 is 16.2 Å². The lowest BCUT2D eigenvalue weighted by atomic mass is 10.2. The number of amides is 1. The van der Waals surface area contributed by atoms with E-state index in [4.69, 9.17) is 17.3 Å². The van der Waals surface area contributed by atoms with Gasteiger partial charge in [0.05, 0.1) is 11.2 Å². The van der Waals surface area contributed by atoms with E-state index >= 15 is 0 Å². The molecule has 6 heteroatoms. The molecule has 88 valence electrons. The van der Waals surface area contributed by atoms with Crippen LogP contribution in [0.25, 0.3) is 0 Å². The second kappa shape index (κ2) is 4.49. The minimum absolute atomic E-state index is 0. The molecule has 1 aliphatic rings. The molecule has 4 N–H and O–H groups in total. The van der Waals surface area contributed by atoms with Gasteiger partial charge in [0.15, 0.2) is 0 Å². The fraction of sp³-hybridized carbons (Fsp3) is 0.300. The van der Waals surface area contributed by atoms with Crippen LogP contribution in [0.1, 0.15) is 12.8 Å². The number of hydrogen-bond donors (Lipinski definition) is 3. The maximum Gasteiger partial charge on any atom is 0.244 e. The number of rotatable bonds is 2. The summed E-state index contributed by atoms with van der Waals surface area (Å²) < 4.78 is 0. The summed E-state index contributed by atoms with van der Waals surface area (Å²) in [6.45, 7) is 0. The molecule has 4 nitrogen and oxygen atoms in total. The molecule has 0 heterocycles. The van der Waals surface area contributed by atoms with Crippen LogP contribution < -0.4 is 11.1 Å². The lowest BCUT2D eigenvalue weighted by Gasteiger charge is -2.11. The zero-order chi connectivity index (χ0) is 11.1. The van der Waals surface area contributed by atoms with Gasteiger partial charge in [-0.3, -0.25) is 4.79 Å². The molecule has 0 atom stereocenters. The SMILES string of the molecule is Cl.NC1(C(=O)Nc2ccc(Cl)cc2O)CC1. The van der Waals surface area contributed by atoms with Gasteiger partial charge in [0.1, 0.15) is 5.75 Å². The van der Waals surface area contributed by atoms with Crippen molar-refractivity contribution < 1.29 is 9.90 Å². The number of phenolic OH excluding ortho intramolecular Hbond substituents is 1. The van der Waals surface area contributed by atoms with Gasteiger partial charge >= 0.3 is 0 Å². The van der Waals surface area contributed by atoms with Gasteiger partial charge in [0.2, 0.25) is 5.91 Å². The molecular formula is C10H12Cl2N2O2. The van der Waals surface area contributed by atoms with Crippen LogP contribution in [-0.4, -0.2) is 16.6 Å². The van der Waals surface area contributed by atoms with Crippen LogP contribution in [0.5, 0.6) is 5.75 Å². The van der Waals surface area contributed by atoms with Crippen molar-refractivity contribution in [3.63, 3.8) is 0 Å². The average Bonchev–Trinajstić information content (AvgIpc) is 2.90. The predicted octanol–water partition coefficient (Wildman–Crippen LogP) is 1.90. The van der Waals surface area contributed by atoms with E-state index in [1.54, 1.807) is 12.1 Å². The largest absolute Gasteiger partial charge is 0.506 e. The first-order valence-electron chi connectivity index (χ1n) is 4.60. The molecule has 0 saturated heterocycles. The van der Waals surface area contributed by atoms with E-state index in [2.05, 4.69) is 5.32 Å². The summed E-state index contributed by atoms with van der Waals surface area (Å²) >= 11 is 5.66. The monoisotopic (exact) mass is 262 g/mol. The van der Waals surface area contributed by atoms with Gasteiger partial charge in [-0.15, -0.1) is 12.4 Å². The predicted molar refractivity (Wildman–Crippen MR) is 65.1 cm³/mol. The summed E-state index contributed by atoms with van der Waals surface area (Å²) in [5.41, 5.74) is 5.29. The summed E-state index contributed by atoms with van der Waals surface area (Å²) in [7, 11) is 0. The van der Waals surface area contributed by atoms with Crippen LogP contribution >= 0.6 is 24.0 Å². The Bertz CT molecular complexity index is 419. The quantitative estimate of drug-likeness (QED) is 0.713. The average molecular weight is 263 g/mol. The Morgan fingerprint density at radius 2 is 2.12 bits per heavy atom. The van der Waals surface area contributed by atoms with Crippen molar-refractivity contribution in [2.45, 2.75) is 18.4 Å². The van der Waals surface area contributed by atoms with E-state index in [0.29, 0.717) is 23.6 Å². The van der Waals surface area contributed by atoms with Crippen LogP contribution in [-0.2, 0) is 4.79 Å². The minimum atomic E-state index is -0.744. The molecular weight excluding hydrogens is 251 g/mol. The van der Waals surface area contributed by atoms with Gasteiger partial charge in [-0.2, -0.15) is 0 Å². The van der Waals surface area contributed by atoms with Crippen molar-refractivity contribution in [1.29, 1.82) is 0 Å². The van der Waals surface area contributed by atoms with E-state index in [1.165, 1.54) is 6.07 Å². The highest BCUT2D eigenvalue weighted by atomic mass is 35.5. The van der Waals surface area contributed by atoms with Gasteiger partial charge in [0.25, 0.3) is 0 Å². The van der Waals surface area contributed by atoms with Crippen LogP contribution in [0.3, 0.4) is 0 Å². The molecule has 1 aromatic carbocycles. The number of carbonyl (C=O) groups excluding carboxylic acids is 1. The number of nitrogens with one attached hydrogen (secondary N) is 1. The maximum atomic E-state index is 11.6.